The first-order valence-corrected chi connectivity index (χ1v) is 8.46. The minimum Gasteiger partial charge on any atom is -0.299 e. The standard InChI is InChI=1S/C23H20O2/c24-22(20-8-4-5-9-20)17-13-19-10-14-21(15-11-19)23(25)16-12-18-6-2-1-3-7-18/h1-12,14-16,20H,13,17H2. The highest BCUT2D eigenvalue weighted by molar-refractivity contribution is 6.06. The summed E-state index contributed by atoms with van der Waals surface area (Å²) in [4.78, 5) is 24.3. The quantitative estimate of drug-likeness (QED) is 0.539. The van der Waals surface area contributed by atoms with Crippen LogP contribution >= 0.6 is 0 Å². The lowest BCUT2D eigenvalue weighted by atomic mass is 9.98. The van der Waals surface area contributed by atoms with E-state index < -0.39 is 0 Å². The van der Waals surface area contributed by atoms with Gasteiger partial charge in [0.05, 0.1) is 5.92 Å². The number of carbonyl (C=O) groups excluding carboxylic acids is 2. The van der Waals surface area contributed by atoms with Crippen LogP contribution in [0.1, 0.15) is 27.9 Å². The lowest BCUT2D eigenvalue weighted by Crippen LogP contribution is -2.09. The molecule has 0 saturated heterocycles. The highest BCUT2D eigenvalue weighted by atomic mass is 16.1. The minimum atomic E-state index is -0.0658. The molecule has 0 N–H and O–H groups in total. The molecule has 0 saturated carbocycles. The fourth-order valence-electron chi connectivity index (χ4n) is 2.75. The summed E-state index contributed by atoms with van der Waals surface area (Å²) in [5, 5.41) is 0. The second-order valence-electron chi connectivity index (χ2n) is 6.07. The smallest absolute Gasteiger partial charge is 0.185 e. The highest BCUT2D eigenvalue weighted by Gasteiger charge is 2.13. The summed E-state index contributed by atoms with van der Waals surface area (Å²) in [6.45, 7) is 0. The third-order valence-corrected chi connectivity index (χ3v) is 4.25. The van der Waals surface area contributed by atoms with Gasteiger partial charge in [-0.1, -0.05) is 85.0 Å². The van der Waals surface area contributed by atoms with Crippen LogP contribution in [0.2, 0.25) is 0 Å². The fraction of sp³-hybridized carbons (Fsp3) is 0.130. The van der Waals surface area contributed by atoms with Crippen LogP contribution in [0, 0.1) is 5.92 Å². The van der Waals surface area contributed by atoms with E-state index in [4.69, 9.17) is 0 Å². The number of rotatable bonds is 7. The molecule has 124 valence electrons. The monoisotopic (exact) mass is 328 g/mol. The van der Waals surface area contributed by atoms with Crippen molar-refractivity contribution in [1.29, 1.82) is 0 Å². The van der Waals surface area contributed by atoms with Crippen molar-refractivity contribution in [2.24, 2.45) is 5.92 Å². The zero-order chi connectivity index (χ0) is 17.5. The second-order valence-corrected chi connectivity index (χ2v) is 6.07. The Morgan fingerprint density at radius 1 is 0.880 bits per heavy atom. The Labute approximate surface area is 148 Å². The van der Waals surface area contributed by atoms with Gasteiger partial charge in [-0.2, -0.15) is 0 Å². The van der Waals surface area contributed by atoms with Gasteiger partial charge in [-0.15, -0.1) is 0 Å². The third-order valence-electron chi connectivity index (χ3n) is 4.25. The lowest BCUT2D eigenvalue weighted by Gasteiger charge is -2.05. The fourth-order valence-corrected chi connectivity index (χ4v) is 2.75. The predicted molar refractivity (Wildman–Crippen MR) is 101 cm³/mol. The van der Waals surface area contributed by atoms with Crippen LogP contribution in [0.4, 0.5) is 0 Å². The Bertz CT molecular complexity index is 812. The molecule has 1 aliphatic carbocycles. The van der Waals surface area contributed by atoms with Crippen molar-refractivity contribution in [1.82, 2.24) is 0 Å². The first-order valence-electron chi connectivity index (χ1n) is 8.46. The molecule has 1 aliphatic rings. The predicted octanol–water partition coefficient (Wildman–Crippen LogP) is 4.83. The lowest BCUT2D eigenvalue weighted by molar-refractivity contribution is -0.120. The molecule has 2 nitrogen and oxygen atoms in total. The molecule has 0 atom stereocenters. The van der Waals surface area contributed by atoms with Gasteiger partial charge in [-0.05, 0) is 23.6 Å². The molecule has 3 rings (SSSR count). The Morgan fingerprint density at radius 2 is 1.56 bits per heavy atom. The van der Waals surface area contributed by atoms with E-state index in [1.54, 1.807) is 6.08 Å². The molecule has 2 aromatic rings. The average Bonchev–Trinajstić information content (AvgIpc) is 3.20. The molecule has 0 unspecified atom stereocenters. The van der Waals surface area contributed by atoms with Gasteiger partial charge in [0, 0.05) is 12.0 Å². The van der Waals surface area contributed by atoms with Gasteiger partial charge < -0.3 is 0 Å². The molecular weight excluding hydrogens is 308 g/mol. The van der Waals surface area contributed by atoms with Crippen LogP contribution < -0.4 is 0 Å². The molecule has 0 aliphatic heterocycles. The number of ketones is 2. The molecule has 2 heteroatoms. The summed E-state index contributed by atoms with van der Waals surface area (Å²) in [7, 11) is 0. The van der Waals surface area contributed by atoms with Gasteiger partial charge in [0.15, 0.2) is 5.78 Å². The molecule has 2 aromatic carbocycles. The van der Waals surface area contributed by atoms with Crippen LogP contribution in [0.3, 0.4) is 0 Å². The molecule has 0 heterocycles. The van der Waals surface area contributed by atoms with E-state index in [2.05, 4.69) is 0 Å². The molecule has 0 fully saturated rings. The Balaban J connectivity index is 1.55. The second kappa shape index (κ2) is 8.20. The van der Waals surface area contributed by atoms with Crippen molar-refractivity contribution in [3.8, 4) is 0 Å². The van der Waals surface area contributed by atoms with E-state index in [9.17, 15) is 9.59 Å². The van der Waals surface area contributed by atoms with Crippen molar-refractivity contribution >= 4 is 17.6 Å². The van der Waals surface area contributed by atoms with Gasteiger partial charge in [0.1, 0.15) is 5.78 Å². The molecule has 25 heavy (non-hydrogen) atoms. The van der Waals surface area contributed by atoms with Gasteiger partial charge in [-0.25, -0.2) is 0 Å². The van der Waals surface area contributed by atoms with Gasteiger partial charge in [0.2, 0.25) is 0 Å². The van der Waals surface area contributed by atoms with E-state index in [1.165, 1.54) is 0 Å². The minimum absolute atomic E-state index is 0.0206. The van der Waals surface area contributed by atoms with E-state index in [0.717, 1.165) is 11.1 Å². The summed E-state index contributed by atoms with van der Waals surface area (Å²) in [6.07, 6.45) is 12.3. The Morgan fingerprint density at radius 3 is 2.24 bits per heavy atom. The SMILES string of the molecule is O=C(C=Cc1ccccc1)c1ccc(CCC(=O)C2C=CC=C2)cc1. The van der Waals surface area contributed by atoms with Crippen molar-refractivity contribution in [2.75, 3.05) is 0 Å². The van der Waals surface area contributed by atoms with Crippen LogP contribution in [0.25, 0.3) is 6.08 Å². The molecule has 0 bridgehead atoms. The van der Waals surface area contributed by atoms with Crippen molar-refractivity contribution in [3.05, 3.63) is 102 Å². The van der Waals surface area contributed by atoms with Gasteiger partial charge in [0.25, 0.3) is 0 Å². The summed E-state index contributed by atoms with van der Waals surface area (Å²) < 4.78 is 0. The maximum atomic E-state index is 12.2. The van der Waals surface area contributed by atoms with E-state index >= 15 is 0 Å². The van der Waals surface area contributed by atoms with Crippen molar-refractivity contribution in [2.45, 2.75) is 12.8 Å². The largest absolute Gasteiger partial charge is 0.299 e. The third kappa shape index (κ3) is 4.74. The van der Waals surface area contributed by atoms with Crippen molar-refractivity contribution < 1.29 is 9.59 Å². The Hall–Kier alpha value is -3.00. The summed E-state index contributed by atoms with van der Waals surface area (Å²) >= 11 is 0. The number of hydrogen-bond donors (Lipinski definition) is 0. The highest BCUT2D eigenvalue weighted by Crippen LogP contribution is 2.15. The summed E-state index contributed by atoms with van der Waals surface area (Å²) in [5.41, 5.74) is 2.73. The number of benzene rings is 2. The summed E-state index contributed by atoms with van der Waals surface area (Å²) in [5.74, 6) is 0.146. The number of hydrogen-bond acceptors (Lipinski definition) is 2. The number of carbonyl (C=O) groups is 2. The van der Waals surface area contributed by atoms with Gasteiger partial charge >= 0.3 is 0 Å². The molecule has 0 spiro atoms. The molecule has 0 amide bonds. The average molecular weight is 328 g/mol. The topological polar surface area (TPSA) is 34.1 Å². The maximum absolute atomic E-state index is 12.2. The summed E-state index contributed by atoms with van der Waals surface area (Å²) in [6, 6.07) is 17.3. The number of aryl methyl sites for hydroxylation is 1. The maximum Gasteiger partial charge on any atom is 0.185 e. The first-order chi connectivity index (χ1) is 12.2. The molecule has 0 aromatic heterocycles. The molecular formula is C23H20O2. The Kier molecular flexibility index (Phi) is 5.53. The van der Waals surface area contributed by atoms with Crippen LogP contribution in [-0.2, 0) is 11.2 Å². The zero-order valence-corrected chi connectivity index (χ0v) is 14.0. The normalized spacial score (nSPS) is 13.6. The number of Topliss-reactive ketones (excluding diaryl/α,β-unsaturated/α-hetero) is 1. The van der Waals surface area contributed by atoms with Crippen LogP contribution in [0.5, 0.6) is 0 Å². The van der Waals surface area contributed by atoms with Crippen molar-refractivity contribution in [3.63, 3.8) is 0 Å². The zero-order valence-electron chi connectivity index (χ0n) is 14.0. The van der Waals surface area contributed by atoms with E-state index in [-0.39, 0.29) is 17.5 Å². The van der Waals surface area contributed by atoms with Crippen LogP contribution in [0.15, 0.2) is 85.0 Å². The molecule has 0 radical (unpaired) electrons. The van der Waals surface area contributed by atoms with Gasteiger partial charge in [-0.3, -0.25) is 9.59 Å². The van der Waals surface area contributed by atoms with Crippen LogP contribution in [-0.4, -0.2) is 11.6 Å². The first kappa shape index (κ1) is 16.8. The van der Waals surface area contributed by atoms with E-state index in [0.29, 0.717) is 18.4 Å². The number of allylic oxidation sites excluding steroid dienone is 5. The van der Waals surface area contributed by atoms with E-state index in [1.807, 2.05) is 85.0 Å².